The predicted molar refractivity (Wildman–Crippen MR) is 115 cm³/mol. The highest BCUT2D eigenvalue weighted by Crippen LogP contribution is 2.18. The Bertz CT molecular complexity index is 588. The fraction of sp³-hybridized carbons (Fsp3) is 0.789. The van der Waals surface area contributed by atoms with Gasteiger partial charge in [0.25, 0.3) is 0 Å². The van der Waals surface area contributed by atoms with Crippen molar-refractivity contribution in [2.24, 2.45) is 11.7 Å². The number of carbonyl (C=O) groups excluding carboxylic acids is 3. The van der Waals surface area contributed by atoms with Crippen LogP contribution in [-0.2, 0) is 19.1 Å². The number of piperidine rings is 1. The van der Waals surface area contributed by atoms with E-state index in [9.17, 15) is 14.4 Å². The Morgan fingerprint density at radius 3 is 2.45 bits per heavy atom. The van der Waals surface area contributed by atoms with Crippen LogP contribution in [0.5, 0.6) is 0 Å². The van der Waals surface area contributed by atoms with E-state index >= 15 is 0 Å². The van der Waals surface area contributed by atoms with Crippen LogP contribution in [0.3, 0.4) is 0 Å². The lowest BCUT2D eigenvalue weighted by molar-refractivity contribution is -0.131. The molecule has 3 amide bonds. The van der Waals surface area contributed by atoms with E-state index in [1.54, 1.807) is 11.8 Å². The van der Waals surface area contributed by atoms with Crippen LogP contribution in [0.4, 0.5) is 4.79 Å². The van der Waals surface area contributed by atoms with E-state index in [1.165, 1.54) is 0 Å². The first-order valence-corrected chi connectivity index (χ1v) is 10.3. The molecule has 0 aromatic heterocycles. The Kier molecular flexibility index (Phi) is 14.0. The van der Waals surface area contributed by atoms with Crippen molar-refractivity contribution in [2.75, 3.05) is 33.4 Å². The molecule has 0 bridgehead atoms. The Morgan fingerprint density at radius 2 is 1.90 bits per heavy atom. The molecule has 7 N–H and O–H groups in total. The number of aliphatic hydroxyl groups is 1. The Morgan fingerprint density at radius 1 is 1.26 bits per heavy atom. The van der Waals surface area contributed by atoms with E-state index in [-0.39, 0.29) is 37.0 Å². The average Bonchev–Trinajstić information content (AvgIpc) is 2.73. The van der Waals surface area contributed by atoms with Gasteiger partial charge in [0.1, 0.15) is 12.6 Å². The molecule has 180 valence electrons. The summed E-state index contributed by atoms with van der Waals surface area (Å²) >= 11 is 0. The summed E-state index contributed by atoms with van der Waals surface area (Å²) in [5, 5.41) is 22.4. The highest BCUT2D eigenvalue weighted by molar-refractivity contribution is 5.89. The number of nitrogens with two attached hydrogens (primary N) is 1. The van der Waals surface area contributed by atoms with Crippen LogP contribution in [-0.4, -0.2) is 85.6 Å². The van der Waals surface area contributed by atoms with Gasteiger partial charge in [-0.2, -0.15) is 0 Å². The number of nitrogens with one attached hydrogen (secondary N) is 4. The predicted octanol–water partition coefficient (Wildman–Crippen LogP) is -0.682. The lowest BCUT2D eigenvalue weighted by Gasteiger charge is -2.41. The van der Waals surface area contributed by atoms with Crippen molar-refractivity contribution in [1.29, 1.82) is 5.41 Å². The van der Waals surface area contributed by atoms with E-state index < -0.39 is 24.3 Å². The maximum Gasteiger partial charge on any atom is 0.407 e. The number of hydrogen-bond acceptors (Lipinski definition) is 7. The van der Waals surface area contributed by atoms with Crippen molar-refractivity contribution < 1.29 is 29.0 Å². The molecule has 0 aliphatic carbocycles. The molecule has 0 aromatic carbocycles. The second kappa shape index (κ2) is 15.2. The molecular formula is C19H38N6O6. The Balaban J connectivity index is 0.00000436. The number of ether oxygens (including phenoxy) is 2. The second-order valence-electron chi connectivity index (χ2n) is 7.32. The van der Waals surface area contributed by atoms with Crippen molar-refractivity contribution >= 4 is 23.9 Å². The van der Waals surface area contributed by atoms with Crippen LogP contribution in [0.15, 0.2) is 0 Å². The minimum absolute atomic E-state index is 0.112. The maximum atomic E-state index is 12.5. The largest absolute Gasteiger partial charge is 0.449 e. The van der Waals surface area contributed by atoms with E-state index in [4.69, 9.17) is 25.7 Å². The van der Waals surface area contributed by atoms with Gasteiger partial charge in [-0.3, -0.25) is 15.0 Å². The van der Waals surface area contributed by atoms with Gasteiger partial charge in [-0.1, -0.05) is 13.8 Å². The number of amides is 3. The molecule has 1 saturated heterocycles. The van der Waals surface area contributed by atoms with Crippen LogP contribution >= 0.6 is 0 Å². The van der Waals surface area contributed by atoms with Crippen LogP contribution in [0.25, 0.3) is 0 Å². The van der Waals surface area contributed by atoms with Gasteiger partial charge < -0.3 is 41.2 Å². The van der Waals surface area contributed by atoms with Gasteiger partial charge >= 0.3 is 6.09 Å². The van der Waals surface area contributed by atoms with Crippen LogP contribution < -0.4 is 21.7 Å². The third kappa shape index (κ3) is 10.8. The van der Waals surface area contributed by atoms with Crippen molar-refractivity contribution in [3.63, 3.8) is 0 Å². The topological polar surface area (TPSA) is 179 Å². The van der Waals surface area contributed by atoms with E-state index in [1.807, 2.05) is 20.8 Å². The fourth-order valence-electron chi connectivity index (χ4n) is 2.86. The molecule has 1 aliphatic rings. The third-order valence-electron chi connectivity index (χ3n) is 4.25. The van der Waals surface area contributed by atoms with Gasteiger partial charge in [0.15, 0.2) is 12.2 Å². The first kappa shape index (κ1) is 28.4. The molecule has 1 aliphatic heterocycles. The molecule has 12 heteroatoms. The molecule has 12 nitrogen and oxygen atoms in total. The van der Waals surface area contributed by atoms with Gasteiger partial charge in [-0.05, 0) is 32.6 Å². The minimum Gasteiger partial charge on any atom is -0.449 e. The number of alkyl carbamates (subject to hydrolysis) is 1. The standard InChI is InChI=1S/C18H34N6O5.CH4O/c1-5-28-16-13(7-6-8-24(16)17(19)20)23-15(26)12(4)22-14(25)9-21-18(27)29-10-11(2)3;1-2/h11-13,16H,5-10H2,1-4H3,(H3,19,20)(H,21,27)(H,22,25)(H,23,26);2H,1H3/t12-,13?,16?;/m0./s1. The molecular weight excluding hydrogens is 408 g/mol. The van der Waals surface area contributed by atoms with Crippen molar-refractivity contribution in [3.8, 4) is 0 Å². The summed E-state index contributed by atoms with van der Waals surface area (Å²) in [6.07, 6.45) is 0.203. The number of likely N-dealkylation sites (tertiary alicyclic amines) is 1. The number of nitrogens with zero attached hydrogens (tertiary/aromatic N) is 1. The number of hydrogen-bond donors (Lipinski definition) is 6. The van der Waals surface area contributed by atoms with Crippen LogP contribution in [0.2, 0.25) is 0 Å². The molecule has 0 spiro atoms. The first-order chi connectivity index (χ1) is 14.6. The van der Waals surface area contributed by atoms with Gasteiger partial charge in [0, 0.05) is 20.3 Å². The molecule has 31 heavy (non-hydrogen) atoms. The quantitative estimate of drug-likeness (QED) is 0.199. The molecule has 0 aromatic rings. The van der Waals surface area contributed by atoms with E-state index in [0.717, 1.165) is 13.5 Å². The molecule has 1 heterocycles. The molecule has 2 unspecified atom stereocenters. The number of carbonyl (C=O) groups is 3. The zero-order valence-corrected chi connectivity index (χ0v) is 19.1. The summed E-state index contributed by atoms with van der Waals surface area (Å²) in [6, 6.07) is -1.17. The van der Waals surface area contributed by atoms with Crippen LogP contribution in [0, 0.1) is 11.3 Å². The highest BCUT2D eigenvalue weighted by atomic mass is 16.5. The van der Waals surface area contributed by atoms with E-state index in [0.29, 0.717) is 19.6 Å². The first-order valence-electron chi connectivity index (χ1n) is 10.3. The maximum absolute atomic E-state index is 12.5. The van der Waals surface area contributed by atoms with E-state index in [2.05, 4.69) is 16.0 Å². The Labute approximate surface area is 183 Å². The smallest absolute Gasteiger partial charge is 0.407 e. The monoisotopic (exact) mass is 446 g/mol. The molecule has 3 atom stereocenters. The second-order valence-corrected chi connectivity index (χ2v) is 7.32. The molecule has 0 saturated carbocycles. The SMILES string of the molecule is CCOC1C(NC(=O)[C@H](C)NC(=O)CNC(=O)OCC(C)C)CCCN1C(=N)N.CO. The van der Waals surface area contributed by atoms with Gasteiger partial charge in [-0.15, -0.1) is 0 Å². The van der Waals surface area contributed by atoms with Crippen molar-refractivity contribution in [2.45, 2.75) is 58.8 Å². The summed E-state index contributed by atoms with van der Waals surface area (Å²) in [4.78, 5) is 37.5. The number of aliphatic hydroxyl groups excluding tert-OH is 1. The number of guanidine groups is 1. The normalized spacial score (nSPS) is 18.9. The summed E-state index contributed by atoms with van der Waals surface area (Å²) in [5.74, 6) is -0.818. The summed E-state index contributed by atoms with van der Waals surface area (Å²) in [5.41, 5.74) is 5.62. The zero-order chi connectivity index (χ0) is 24.0. The Hall–Kier alpha value is -2.60. The summed E-state index contributed by atoms with van der Waals surface area (Å²) < 4.78 is 10.6. The molecule has 0 radical (unpaired) electrons. The van der Waals surface area contributed by atoms with Crippen molar-refractivity contribution in [1.82, 2.24) is 20.9 Å². The minimum atomic E-state index is -0.814. The van der Waals surface area contributed by atoms with Gasteiger partial charge in [0.2, 0.25) is 11.8 Å². The lowest BCUT2D eigenvalue weighted by Crippen LogP contribution is -2.61. The fourth-order valence-corrected chi connectivity index (χ4v) is 2.86. The zero-order valence-electron chi connectivity index (χ0n) is 19.1. The van der Waals surface area contributed by atoms with Crippen molar-refractivity contribution in [3.05, 3.63) is 0 Å². The van der Waals surface area contributed by atoms with Gasteiger partial charge in [-0.25, -0.2) is 4.79 Å². The van der Waals surface area contributed by atoms with Gasteiger partial charge in [0.05, 0.1) is 12.6 Å². The summed E-state index contributed by atoms with van der Waals surface area (Å²) in [7, 11) is 1.00. The van der Waals surface area contributed by atoms with Crippen LogP contribution in [0.1, 0.15) is 40.5 Å². The number of rotatable bonds is 9. The molecule has 1 rings (SSSR count). The third-order valence-corrected chi connectivity index (χ3v) is 4.25. The average molecular weight is 447 g/mol. The highest BCUT2D eigenvalue weighted by Gasteiger charge is 2.34. The summed E-state index contributed by atoms with van der Waals surface area (Å²) in [6.45, 7) is 8.13. The molecule has 1 fully saturated rings. The lowest BCUT2D eigenvalue weighted by atomic mass is 10.0.